The lowest BCUT2D eigenvalue weighted by molar-refractivity contribution is -0.136. The Kier molecular flexibility index (Phi) is 7.47. The molecule has 23 heavy (non-hydrogen) atoms. The van der Waals surface area contributed by atoms with E-state index in [0.29, 0.717) is 5.70 Å². The Morgan fingerprint density at radius 1 is 1.39 bits per heavy atom. The van der Waals surface area contributed by atoms with Gasteiger partial charge in [-0.15, -0.1) is 0 Å². The van der Waals surface area contributed by atoms with Crippen LogP contribution in [0.4, 0.5) is 5.69 Å². The molecular formula is C18H25N3O2. The molecule has 0 radical (unpaired) electrons. The van der Waals surface area contributed by atoms with Gasteiger partial charge in [0.1, 0.15) is 0 Å². The number of benzene rings is 1. The first-order chi connectivity index (χ1) is 11.0. The van der Waals surface area contributed by atoms with Crippen molar-refractivity contribution in [2.24, 2.45) is 5.73 Å². The lowest BCUT2D eigenvalue weighted by Crippen LogP contribution is -2.25. The molecule has 0 aromatic heterocycles. The van der Waals surface area contributed by atoms with E-state index in [1.165, 1.54) is 0 Å². The van der Waals surface area contributed by atoms with Gasteiger partial charge in [-0.25, -0.2) is 0 Å². The van der Waals surface area contributed by atoms with Crippen molar-refractivity contribution >= 4 is 11.7 Å². The van der Waals surface area contributed by atoms with Crippen LogP contribution < -0.4 is 11.1 Å². The number of anilines is 1. The van der Waals surface area contributed by atoms with Gasteiger partial charge in [-0.05, 0) is 31.6 Å². The quantitative estimate of drug-likeness (QED) is 0.608. The van der Waals surface area contributed by atoms with E-state index in [0.717, 1.165) is 17.8 Å². The van der Waals surface area contributed by atoms with Crippen LogP contribution >= 0.6 is 0 Å². The third kappa shape index (κ3) is 6.74. The van der Waals surface area contributed by atoms with Crippen molar-refractivity contribution in [1.82, 2.24) is 4.90 Å². The molecular weight excluding hydrogens is 290 g/mol. The van der Waals surface area contributed by atoms with Crippen LogP contribution in [-0.4, -0.2) is 22.0 Å². The van der Waals surface area contributed by atoms with E-state index in [1.54, 1.807) is 12.3 Å². The van der Waals surface area contributed by atoms with E-state index in [9.17, 15) is 4.79 Å². The molecule has 124 valence electrons. The number of rotatable bonds is 9. The number of nitrogens with one attached hydrogen (secondary N) is 1. The number of carbonyl (C=O) groups is 1. The summed E-state index contributed by atoms with van der Waals surface area (Å²) in [6.07, 6.45) is 5.96. The van der Waals surface area contributed by atoms with Crippen molar-refractivity contribution in [2.75, 3.05) is 5.32 Å². The highest BCUT2D eigenvalue weighted by Crippen LogP contribution is 2.14. The number of aliphatic carboxylic acids is 1. The van der Waals surface area contributed by atoms with Gasteiger partial charge in [-0.1, -0.05) is 31.7 Å². The van der Waals surface area contributed by atoms with Crippen LogP contribution in [0.15, 0.2) is 66.8 Å². The highest BCUT2D eigenvalue weighted by atomic mass is 16.4. The number of nitrogens with two attached hydrogens (primary N) is 1. The van der Waals surface area contributed by atoms with E-state index in [1.807, 2.05) is 48.4 Å². The highest BCUT2D eigenvalue weighted by molar-refractivity contribution is 5.69. The Hall–Kier alpha value is -2.69. The Bertz CT molecular complexity index is 579. The molecule has 1 aromatic rings. The average molecular weight is 315 g/mol. The number of carboxylic acid groups (broad SMARTS) is 1. The molecule has 1 atom stereocenters. The largest absolute Gasteiger partial charge is 0.481 e. The van der Waals surface area contributed by atoms with E-state index in [4.69, 9.17) is 10.8 Å². The molecule has 4 N–H and O–H groups in total. The fourth-order valence-electron chi connectivity index (χ4n) is 1.90. The maximum atomic E-state index is 10.8. The van der Waals surface area contributed by atoms with Crippen LogP contribution in [0.3, 0.4) is 0 Å². The van der Waals surface area contributed by atoms with Gasteiger partial charge in [0, 0.05) is 29.8 Å². The topological polar surface area (TPSA) is 78.6 Å². The number of hydrogen-bond acceptors (Lipinski definition) is 4. The first-order valence-corrected chi connectivity index (χ1v) is 7.58. The van der Waals surface area contributed by atoms with E-state index < -0.39 is 5.97 Å². The normalized spacial score (nSPS) is 13.3. The number of nitrogens with zero attached hydrogens (tertiary/aromatic N) is 1. The van der Waals surface area contributed by atoms with Gasteiger partial charge in [-0.2, -0.15) is 0 Å². The summed E-state index contributed by atoms with van der Waals surface area (Å²) in [7, 11) is 0. The molecule has 0 aliphatic carbocycles. The fraction of sp³-hybridized carbons (Fsp3) is 0.278. The Morgan fingerprint density at radius 2 is 2.04 bits per heavy atom. The van der Waals surface area contributed by atoms with Crippen LogP contribution in [0.1, 0.15) is 26.7 Å². The summed E-state index contributed by atoms with van der Waals surface area (Å²) in [5, 5.41) is 12.1. The molecule has 5 nitrogen and oxygen atoms in total. The van der Waals surface area contributed by atoms with Crippen LogP contribution in [0, 0.1) is 0 Å². The summed E-state index contributed by atoms with van der Waals surface area (Å²) in [6.45, 7) is 7.93. The second kappa shape index (κ2) is 9.35. The summed E-state index contributed by atoms with van der Waals surface area (Å²) >= 11 is 0. The summed E-state index contributed by atoms with van der Waals surface area (Å²) in [5.74, 6) is -0.946. The molecule has 0 fully saturated rings. The molecule has 0 spiro atoms. The smallest absolute Gasteiger partial charge is 0.309 e. The minimum absolute atomic E-state index is 0.176. The fourth-order valence-corrected chi connectivity index (χ4v) is 1.90. The van der Waals surface area contributed by atoms with Gasteiger partial charge in [-0.3, -0.25) is 4.79 Å². The molecule has 0 amide bonds. The number of hydrogen-bond donors (Lipinski definition) is 3. The number of para-hydroxylation sites is 1. The van der Waals surface area contributed by atoms with Gasteiger partial charge in [0.25, 0.3) is 0 Å². The standard InChI is InChI=1S/C18H25N3O2/c1-4-14(3)21(12-15(19)11-18(22)23)13-16(5-2)20-17-9-7-6-8-10-17/h5-10,12-14,20H,2,4,11,19H2,1,3H3,(H,22,23)/b15-12-,16-13+. The van der Waals surface area contributed by atoms with Gasteiger partial charge in [0.15, 0.2) is 0 Å². The molecule has 1 rings (SSSR count). The molecule has 1 aromatic carbocycles. The second-order valence-electron chi connectivity index (χ2n) is 5.26. The average Bonchev–Trinajstić information content (AvgIpc) is 2.52. The molecule has 1 unspecified atom stereocenters. The van der Waals surface area contributed by atoms with E-state index in [-0.39, 0.29) is 12.5 Å². The van der Waals surface area contributed by atoms with Gasteiger partial charge < -0.3 is 21.1 Å². The van der Waals surface area contributed by atoms with Gasteiger partial charge in [0.2, 0.25) is 0 Å². The molecule has 0 bridgehead atoms. The van der Waals surface area contributed by atoms with Crippen LogP contribution in [0.2, 0.25) is 0 Å². The SMILES string of the molecule is C=C/C(=C\N(/C=C(\N)CC(=O)O)C(C)CC)Nc1ccccc1. The van der Waals surface area contributed by atoms with Crippen LogP contribution in [0.25, 0.3) is 0 Å². The van der Waals surface area contributed by atoms with Crippen molar-refractivity contribution in [3.8, 4) is 0 Å². The molecule has 0 saturated heterocycles. The minimum atomic E-state index is -0.946. The van der Waals surface area contributed by atoms with Crippen molar-refractivity contribution in [3.05, 3.63) is 66.8 Å². The predicted molar refractivity (Wildman–Crippen MR) is 94.5 cm³/mol. The van der Waals surface area contributed by atoms with Gasteiger partial charge in [0.05, 0.1) is 12.1 Å². The Balaban J connectivity index is 3.00. The molecule has 0 aliphatic heterocycles. The summed E-state index contributed by atoms with van der Waals surface area (Å²) < 4.78 is 0. The molecule has 5 heteroatoms. The first-order valence-electron chi connectivity index (χ1n) is 7.58. The zero-order valence-electron chi connectivity index (χ0n) is 13.7. The molecule has 0 heterocycles. The number of allylic oxidation sites excluding steroid dienone is 1. The lowest BCUT2D eigenvalue weighted by Gasteiger charge is -2.25. The minimum Gasteiger partial charge on any atom is -0.481 e. The highest BCUT2D eigenvalue weighted by Gasteiger charge is 2.09. The van der Waals surface area contributed by atoms with Crippen molar-refractivity contribution < 1.29 is 9.90 Å². The Labute approximate surface area is 137 Å². The van der Waals surface area contributed by atoms with E-state index in [2.05, 4.69) is 18.8 Å². The number of carboxylic acids is 1. The Morgan fingerprint density at radius 3 is 2.57 bits per heavy atom. The molecule has 0 aliphatic rings. The summed E-state index contributed by atoms with van der Waals surface area (Å²) in [4.78, 5) is 12.7. The van der Waals surface area contributed by atoms with Gasteiger partial charge >= 0.3 is 5.97 Å². The maximum Gasteiger partial charge on any atom is 0.309 e. The van der Waals surface area contributed by atoms with Crippen molar-refractivity contribution in [2.45, 2.75) is 32.7 Å². The molecule has 0 saturated carbocycles. The second-order valence-corrected chi connectivity index (χ2v) is 5.26. The van der Waals surface area contributed by atoms with Crippen molar-refractivity contribution in [3.63, 3.8) is 0 Å². The third-order valence-corrected chi connectivity index (χ3v) is 3.34. The first kappa shape index (κ1) is 18.4. The maximum absolute atomic E-state index is 10.8. The monoisotopic (exact) mass is 315 g/mol. The summed E-state index contributed by atoms with van der Waals surface area (Å²) in [5.41, 5.74) is 7.85. The van der Waals surface area contributed by atoms with Crippen LogP contribution in [0.5, 0.6) is 0 Å². The predicted octanol–water partition coefficient (Wildman–Crippen LogP) is 3.50. The third-order valence-electron chi connectivity index (χ3n) is 3.34. The summed E-state index contributed by atoms with van der Waals surface area (Å²) in [6, 6.07) is 9.93. The zero-order valence-corrected chi connectivity index (χ0v) is 13.7. The zero-order chi connectivity index (χ0) is 17.2. The van der Waals surface area contributed by atoms with Crippen molar-refractivity contribution in [1.29, 1.82) is 0 Å². The van der Waals surface area contributed by atoms with Crippen LogP contribution in [-0.2, 0) is 4.79 Å². The van der Waals surface area contributed by atoms with E-state index >= 15 is 0 Å². The lowest BCUT2D eigenvalue weighted by atomic mass is 10.2.